The molecule has 0 atom stereocenters. The first kappa shape index (κ1) is 16.7. The molecule has 0 saturated carbocycles. The molecule has 2 aliphatic rings. The summed E-state index contributed by atoms with van der Waals surface area (Å²) >= 11 is 0. The zero-order valence-electron chi connectivity index (χ0n) is 15.3. The van der Waals surface area contributed by atoms with Gasteiger partial charge in [0.05, 0.1) is 11.9 Å². The average molecular weight is 379 g/mol. The van der Waals surface area contributed by atoms with Crippen molar-refractivity contribution in [2.45, 2.75) is 20.1 Å². The van der Waals surface area contributed by atoms with Crippen molar-refractivity contribution in [1.82, 2.24) is 20.1 Å². The van der Waals surface area contributed by atoms with E-state index in [2.05, 4.69) is 15.2 Å². The molecule has 28 heavy (non-hydrogen) atoms. The topological polar surface area (TPSA) is 74.3 Å². The fourth-order valence-electron chi connectivity index (χ4n) is 3.66. The molecule has 0 aliphatic carbocycles. The van der Waals surface area contributed by atoms with E-state index in [0.717, 1.165) is 22.4 Å². The summed E-state index contributed by atoms with van der Waals surface area (Å²) in [6.07, 6.45) is 1.76. The molecule has 1 aromatic carbocycles. The second kappa shape index (κ2) is 6.33. The van der Waals surface area contributed by atoms with E-state index in [1.165, 1.54) is 6.07 Å². The van der Waals surface area contributed by atoms with E-state index in [4.69, 9.17) is 4.74 Å². The number of aromatic amines is 1. The van der Waals surface area contributed by atoms with Gasteiger partial charge in [-0.2, -0.15) is 10.1 Å². The van der Waals surface area contributed by atoms with Crippen molar-refractivity contribution in [3.05, 3.63) is 59.2 Å². The lowest BCUT2D eigenvalue weighted by Gasteiger charge is -2.21. The number of rotatable bonds is 3. The third kappa shape index (κ3) is 2.69. The Balaban J connectivity index is 1.36. The number of ether oxygens (including phenoxy) is 1. The Labute approximate surface area is 160 Å². The zero-order valence-corrected chi connectivity index (χ0v) is 15.3. The van der Waals surface area contributed by atoms with Crippen LogP contribution in [0.4, 0.5) is 15.0 Å². The number of fused-ring (bicyclic) bond motifs is 3. The van der Waals surface area contributed by atoms with E-state index in [0.29, 0.717) is 43.5 Å². The number of pyridine rings is 1. The number of urea groups is 1. The molecule has 142 valence electrons. The number of hydrogen-bond acceptors (Lipinski definition) is 4. The fourth-order valence-corrected chi connectivity index (χ4v) is 3.66. The van der Waals surface area contributed by atoms with Gasteiger partial charge in [-0.15, -0.1) is 0 Å². The van der Waals surface area contributed by atoms with Gasteiger partial charge in [0, 0.05) is 30.8 Å². The lowest BCUT2D eigenvalue weighted by molar-refractivity contribution is 0.218. The molecular weight excluding hydrogens is 361 g/mol. The Bertz CT molecular complexity index is 1080. The summed E-state index contributed by atoms with van der Waals surface area (Å²) in [5.41, 5.74) is 4.24. The van der Waals surface area contributed by atoms with Crippen LogP contribution in [-0.2, 0) is 13.2 Å². The predicted octanol–water partition coefficient (Wildman–Crippen LogP) is 3.25. The molecule has 7 nitrogen and oxygen atoms in total. The normalized spacial score (nSPS) is 15.4. The van der Waals surface area contributed by atoms with Crippen LogP contribution < -0.4 is 9.64 Å². The van der Waals surface area contributed by atoms with Gasteiger partial charge in [0.2, 0.25) is 5.88 Å². The Hall–Kier alpha value is -3.42. The molecule has 8 heteroatoms. The standard InChI is InChI=1S/C20H18FN5O2/c1-12-8-13(2-4-16(12)21)10-25-6-7-26(20(25)27)18-5-3-14-15-9-22-24-17(15)11-28-19(14)23-18/h2-5,8-9H,6-7,10-11H2,1H3,(H,22,24). The molecule has 0 unspecified atom stereocenters. The van der Waals surface area contributed by atoms with Crippen molar-refractivity contribution >= 4 is 11.8 Å². The van der Waals surface area contributed by atoms with Crippen LogP contribution in [0.3, 0.4) is 0 Å². The van der Waals surface area contributed by atoms with Gasteiger partial charge < -0.3 is 9.64 Å². The molecule has 1 N–H and O–H groups in total. The Kier molecular flexibility index (Phi) is 3.78. The number of hydrogen-bond donors (Lipinski definition) is 1. The summed E-state index contributed by atoms with van der Waals surface area (Å²) in [6, 6.07) is 8.55. The van der Waals surface area contributed by atoms with Gasteiger partial charge in [-0.3, -0.25) is 10.00 Å². The van der Waals surface area contributed by atoms with Gasteiger partial charge >= 0.3 is 6.03 Å². The molecule has 2 aliphatic heterocycles. The summed E-state index contributed by atoms with van der Waals surface area (Å²) in [7, 11) is 0. The minimum atomic E-state index is -0.239. The Morgan fingerprint density at radius 1 is 1.21 bits per heavy atom. The first-order valence-electron chi connectivity index (χ1n) is 9.08. The van der Waals surface area contributed by atoms with Crippen molar-refractivity contribution in [3.8, 4) is 17.0 Å². The summed E-state index contributed by atoms with van der Waals surface area (Å²) in [5.74, 6) is 0.831. The average Bonchev–Trinajstić information content (AvgIpc) is 3.31. The quantitative estimate of drug-likeness (QED) is 0.758. The van der Waals surface area contributed by atoms with Crippen molar-refractivity contribution in [1.29, 1.82) is 0 Å². The number of amides is 2. The molecule has 5 rings (SSSR count). The van der Waals surface area contributed by atoms with Gasteiger partial charge in [-0.05, 0) is 36.2 Å². The van der Waals surface area contributed by atoms with Gasteiger partial charge in [-0.1, -0.05) is 12.1 Å². The minimum Gasteiger partial charge on any atom is -0.471 e. The van der Waals surface area contributed by atoms with E-state index in [9.17, 15) is 9.18 Å². The third-order valence-electron chi connectivity index (χ3n) is 5.17. The maximum absolute atomic E-state index is 13.5. The largest absolute Gasteiger partial charge is 0.471 e. The van der Waals surface area contributed by atoms with E-state index in [1.54, 1.807) is 35.1 Å². The van der Waals surface area contributed by atoms with Crippen LogP contribution in [0, 0.1) is 12.7 Å². The SMILES string of the molecule is Cc1cc(CN2CCN(c3ccc4c(n3)OCc3[nH]ncc3-4)C2=O)ccc1F. The monoisotopic (exact) mass is 379 g/mol. The number of H-pyrrole nitrogens is 1. The molecular formula is C20H18FN5O2. The van der Waals surface area contributed by atoms with E-state index in [1.807, 2.05) is 12.1 Å². The molecule has 0 bridgehead atoms. The number of aryl methyl sites for hydroxylation is 1. The number of halogens is 1. The van der Waals surface area contributed by atoms with Crippen LogP contribution in [0.2, 0.25) is 0 Å². The lowest BCUT2D eigenvalue weighted by atomic mass is 10.1. The minimum absolute atomic E-state index is 0.116. The highest BCUT2D eigenvalue weighted by molar-refractivity contribution is 5.93. The molecule has 1 fully saturated rings. The number of aromatic nitrogens is 3. The Morgan fingerprint density at radius 3 is 2.96 bits per heavy atom. The van der Waals surface area contributed by atoms with Crippen LogP contribution in [0.5, 0.6) is 5.88 Å². The van der Waals surface area contributed by atoms with Crippen LogP contribution >= 0.6 is 0 Å². The number of benzene rings is 1. The smallest absolute Gasteiger partial charge is 0.326 e. The first-order valence-corrected chi connectivity index (χ1v) is 9.08. The second-order valence-corrected chi connectivity index (χ2v) is 7.01. The number of nitrogens with zero attached hydrogens (tertiary/aromatic N) is 4. The van der Waals surface area contributed by atoms with Crippen molar-refractivity contribution in [2.75, 3.05) is 18.0 Å². The summed E-state index contributed by atoms with van der Waals surface area (Å²) in [4.78, 5) is 20.8. The maximum atomic E-state index is 13.5. The van der Waals surface area contributed by atoms with E-state index in [-0.39, 0.29) is 11.8 Å². The van der Waals surface area contributed by atoms with Crippen LogP contribution in [-0.4, -0.2) is 39.2 Å². The molecule has 2 aromatic heterocycles. The van der Waals surface area contributed by atoms with Crippen molar-refractivity contribution in [2.24, 2.45) is 0 Å². The van der Waals surface area contributed by atoms with Gasteiger partial charge in [0.15, 0.2) is 0 Å². The van der Waals surface area contributed by atoms with Crippen molar-refractivity contribution in [3.63, 3.8) is 0 Å². The number of carbonyl (C=O) groups excluding carboxylic acids is 1. The number of nitrogens with one attached hydrogen (secondary N) is 1. The molecule has 2 amide bonds. The summed E-state index contributed by atoms with van der Waals surface area (Å²) in [6.45, 7) is 3.67. The molecule has 3 aromatic rings. The van der Waals surface area contributed by atoms with Gasteiger partial charge in [-0.25, -0.2) is 9.18 Å². The highest BCUT2D eigenvalue weighted by Crippen LogP contribution is 2.36. The summed E-state index contributed by atoms with van der Waals surface area (Å²) < 4.78 is 19.2. The van der Waals surface area contributed by atoms with Crippen LogP contribution in [0.1, 0.15) is 16.8 Å². The van der Waals surface area contributed by atoms with E-state index < -0.39 is 0 Å². The van der Waals surface area contributed by atoms with Gasteiger partial charge in [0.25, 0.3) is 0 Å². The van der Waals surface area contributed by atoms with Crippen LogP contribution in [0.15, 0.2) is 36.5 Å². The van der Waals surface area contributed by atoms with Gasteiger partial charge in [0.1, 0.15) is 18.2 Å². The van der Waals surface area contributed by atoms with Crippen molar-refractivity contribution < 1.29 is 13.9 Å². The molecule has 0 radical (unpaired) electrons. The molecule has 4 heterocycles. The third-order valence-corrected chi connectivity index (χ3v) is 5.17. The van der Waals surface area contributed by atoms with Crippen LogP contribution in [0.25, 0.3) is 11.1 Å². The number of carbonyl (C=O) groups is 1. The number of anilines is 1. The molecule has 0 spiro atoms. The maximum Gasteiger partial charge on any atom is 0.326 e. The highest BCUT2D eigenvalue weighted by atomic mass is 19.1. The lowest BCUT2D eigenvalue weighted by Crippen LogP contribution is -2.32. The Morgan fingerprint density at radius 2 is 2.11 bits per heavy atom. The zero-order chi connectivity index (χ0) is 19.3. The molecule has 1 saturated heterocycles. The van der Waals surface area contributed by atoms with E-state index >= 15 is 0 Å². The second-order valence-electron chi connectivity index (χ2n) is 7.01. The summed E-state index contributed by atoms with van der Waals surface area (Å²) in [5, 5.41) is 6.96. The fraction of sp³-hybridized carbons (Fsp3) is 0.250. The first-order chi connectivity index (χ1) is 13.6. The predicted molar refractivity (Wildman–Crippen MR) is 100 cm³/mol. The highest BCUT2D eigenvalue weighted by Gasteiger charge is 2.31.